The molecule has 4 nitrogen and oxygen atoms in total. The molecule has 0 bridgehead atoms. The van der Waals surface area contributed by atoms with Crippen molar-refractivity contribution < 1.29 is 38.2 Å². The molecule has 0 rings (SSSR count). The summed E-state index contributed by atoms with van der Waals surface area (Å²) in [4.78, 5) is 0. The minimum atomic E-state index is -0.875. The van der Waals surface area contributed by atoms with Crippen molar-refractivity contribution in [2.75, 3.05) is 0 Å². The first-order chi connectivity index (χ1) is 13.5. The second-order valence-electron chi connectivity index (χ2n) is 16.6. The quantitative estimate of drug-likeness (QED) is 0.353. The molecule has 0 fully saturated rings. The SMILES string of the molecule is CC(C)(C)C(C)([O-])C(C)(C)C.CC(C)(C)C(C)([O-])C(C)(C)C.CC(C)(C)C(C)([O-])C(C)(C)C.[Cr+5].[O-2]. The van der Waals surface area contributed by atoms with Crippen molar-refractivity contribution in [1.82, 2.24) is 0 Å². The summed E-state index contributed by atoms with van der Waals surface area (Å²) in [5.41, 5.74) is -3.68. The van der Waals surface area contributed by atoms with Crippen LogP contribution in [0.1, 0.15) is 145 Å². The summed E-state index contributed by atoms with van der Waals surface area (Å²) in [7, 11) is 0. The van der Waals surface area contributed by atoms with Crippen LogP contribution in [0.25, 0.3) is 0 Å². The zero-order chi connectivity index (χ0) is 28.5. The first kappa shape index (κ1) is 45.3. The molecule has 213 valence electrons. The Morgan fingerprint density at radius 2 is 0.314 bits per heavy atom. The molecule has 0 aromatic rings. The van der Waals surface area contributed by atoms with Crippen LogP contribution in [0.2, 0.25) is 0 Å². The van der Waals surface area contributed by atoms with E-state index in [1.54, 1.807) is 20.8 Å². The Bertz CT molecular complexity index is 443. The normalized spacial score (nSPS) is 14.4. The summed E-state index contributed by atoms with van der Waals surface area (Å²) in [5, 5.41) is 36.4. The van der Waals surface area contributed by atoms with Crippen molar-refractivity contribution in [1.29, 1.82) is 0 Å². The molecular formula is C30H63CrO4. The summed E-state index contributed by atoms with van der Waals surface area (Å²) >= 11 is 0. The van der Waals surface area contributed by atoms with E-state index in [0.717, 1.165) is 0 Å². The minimum absolute atomic E-state index is 0. The van der Waals surface area contributed by atoms with Crippen LogP contribution < -0.4 is 15.3 Å². The molecule has 0 spiro atoms. The van der Waals surface area contributed by atoms with Gasteiger partial charge in [-0.2, -0.15) is 0 Å². The predicted octanol–water partition coefficient (Wildman–Crippen LogP) is 6.47. The van der Waals surface area contributed by atoms with Crippen LogP contribution in [-0.4, -0.2) is 16.8 Å². The van der Waals surface area contributed by atoms with Crippen LogP contribution >= 0.6 is 0 Å². The fourth-order valence-corrected chi connectivity index (χ4v) is 3.38. The number of hydrogen-bond donors (Lipinski definition) is 0. The zero-order valence-electron chi connectivity index (χ0n) is 27.5. The Kier molecular flexibility index (Phi) is 16.8. The van der Waals surface area contributed by atoms with E-state index in [2.05, 4.69) is 0 Å². The van der Waals surface area contributed by atoms with Crippen molar-refractivity contribution >= 4 is 0 Å². The van der Waals surface area contributed by atoms with Gasteiger partial charge in [-0.1, -0.05) is 145 Å². The van der Waals surface area contributed by atoms with Gasteiger partial charge in [0.15, 0.2) is 0 Å². The van der Waals surface area contributed by atoms with Gasteiger partial charge in [-0.3, -0.25) is 0 Å². The van der Waals surface area contributed by atoms with Gasteiger partial charge in [0.25, 0.3) is 0 Å². The zero-order valence-corrected chi connectivity index (χ0v) is 28.8. The summed E-state index contributed by atoms with van der Waals surface area (Å²) in [6.07, 6.45) is 0. The average molecular weight is 540 g/mol. The van der Waals surface area contributed by atoms with Gasteiger partial charge >= 0.3 is 17.4 Å². The number of hydrogen-bond acceptors (Lipinski definition) is 3. The van der Waals surface area contributed by atoms with Gasteiger partial charge in [-0.15, -0.1) is 16.8 Å². The fourth-order valence-electron chi connectivity index (χ4n) is 3.38. The molecular weight excluding hydrogens is 476 g/mol. The van der Waals surface area contributed by atoms with Gasteiger partial charge in [-0.25, -0.2) is 0 Å². The molecule has 0 heterocycles. The molecule has 0 unspecified atom stereocenters. The van der Waals surface area contributed by atoms with Crippen LogP contribution in [0.15, 0.2) is 0 Å². The number of rotatable bonds is 0. The Morgan fingerprint density at radius 3 is 0.314 bits per heavy atom. The van der Waals surface area contributed by atoms with Crippen molar-refractivity contribution in [3.8, 4) is 0 Å². The van der Waals surface area contributed by atoms with Gasteiger partial charge in [0.2, 0.25) is 0 Å². The Balaban J connectivity index is -0.000000125. The molecule has 0 atom stereocenters. The Hall–Kier alpha value is 0.372. The second kappa shape index (κ2) is 12.9. The summed E-state index contributed by atoms with van der Waals surface area (Å²) in [6, 6.07) is 0. The van der Waals surface area contributed by atoms with E-state index in [9.17, 15) is 15.3 Å². The van der Waals surface area contributed by atoms with Crippen LogP contribution in [-0.2, 0) is 22.8 Å². The monoisotopic (exact) mass is 539 g/mol. The summed E-state index contributed by atoms with van der Waals surface area (Å²) < 4.78 is 0. The first-order valence-corrected chi connectivity index (χ1v) is 12.6. The van der Waals surface area contributed by atoms with E-state index < -0.39 is 16.8 Å². The fraction of sp³-hybridized carbons (Fsp3) is 1.00. The molecule has 0 saturated heterocycles. The molecule has 0 amide bonds. The van der Waals surface area contributed by atoms with Crippen molar-refractivity contribution in [3.05, 3.63) is 0 Å². The largest absolute Gasteiger partial charge is 5.00 e. The molecule has 0 aromatic heterocycles. The molecule has 1 radical (unpaired) electrons. The average Bonchev–Trinajstić information content (AvgIpc) is 2.41. The summed E-state index contributed by atoms with van der Waals surface area (Å²) in [6.45, 7) is 41.5. The van der Waals surface area contributed by atoms with Gasteiger partial charge < -0.3 is 20.8 Å². The summed E-state index contributed by atoms with van der Waals surface area (Å²) in [5.74, 6) is 0. The third-order valence-corrected chi connectivity index (χ3v) is 8.59. The molecule has 0 aliphatic heterocycles. The van der Waals surface area contributed by atoms with E-state index in [4.69, 9.17) is 0 Å². The first-order valence-electron chi connectivity index (χ1n) is 12.6. The van der Waals surface area contributed by atoms with E-state index >= 15 is 0 Å². The second-order valence-corrected chi connectivity index (χ2v) is 16.6. The van der Waals surface area contributed by atoms with Crippen LogP contribution in [0, 0.1) is 32.5 Å². The predicted molar refractivity (Wildman–Crippen MR) is 143 cm³/mol. The smallest absolute Gasteiger partial charge is 2.00 e. The topological polar surface area (TPSA) is 97.7 Å². The van der Waals surface area contributed by atoms with Crippen molar-refractivity contribution in [3.63, 3.8) is 0 Å². The standard InChI is InChI=1S/3C10H21O.Cr.O/c3*1-8(2,3)10(7,11)9(4,5)6;;/h3*1-7H3;;/q3*-1;+5;-2. The molecule has 5 heteroatoms. The van der Waals surface area contributed by atoms with Crippen LogP contribution in [0.3, 0.4) is 0 Å². The maximum absolute atomic E-state index is 12.1. The molecule has 35 heavy (non-hydrogen) atoms. The third-order valence-electron chi connectivity index (χ3n) is 8.59. The van der Waals surface area contributed by atoms with E-state index in [1.165, 1.54) is 0 Å². The van der Waals surface area contributed by atoms with E-state index in [-0.39, 0.29) is 55.3 Å². The van der Waals surface area contributed by atoms with Gasteiger partial charge in [0.05, 0.1) is 0 Å². The van der Waals surface area contributed by atoms with Crippen LogP contribution in [0.4, 0.5) is 0 Å². The molecule has 0 aliphatic rings. The van der Waals surface area contributed by atoms with Gasteiger partial charge in [-0.05, 0) is 32.5 Å². The molecule has 0 N–H and O–H groups in total. The Morgan fingerprint density at radius 1 is 0.257 bits per heavy atom. The van der Waals surface area contributed by atoms with Crippen molar-refractivity contribution in [2.45, 2.75) is 162 Å². The maximum Gasteiger partial charge on any atom is 5.00 e. The van der Waals surface area contributed by atoms with Gasteiger partial charge in [0, 0.05) is 0 Å². The van der Waals surface area contributed by atoms with E-state index in [1.807, 2.05) is 125 Å². The maximum atomic E-state index is 12.1. The third kappa shape index (κ3) is 12.2. The minimum Gasteiger partial charge on any atom is -2.00 e. The van der Waals surface area contributed by atoms with Crippen molar-refractivity contribution in [2.24, 2.45) is 32.5 Å². The molecule has 0 saturated carbocycles. The van der Waals surface area contributed by atoms with Crippen LogP contribution in [0.5, 0.6) is 0 Å². The Labute approximate surface area is 232 Å². The van der Waals surface area contributed by atoms with Gasteiger partial charge in [0.1, 0.15) is 0 Å². The molecule has 0 aliphatic carbocycles. The van der Waals surface area contributed by atoms with E-state index in [0.29, 0.717) is 0 Å². The molecule has 0 aromatic carbocycles.